The lowest BCUT2D eigenvalue weighted by Gasteiger charge is -2.16. The van der Waals surface area contributed by atoms with E-state index in [-0.39, 0.29) is 11.9 Å². The Bertz CT molecular complexity index is 603. The lowest BCUT2D eigenvalue weighted by Crippen LogP contribution is -2.10. The van der Waals surface area contributed by atoms with Gasteiger partial charge in [0.05, 0.1) is 19.8 Å². The Kier molecular flexibility index (Phi) is 14.1. The van der Waals surface area contributed by atoms with Gasteiger partial charge in [0.1, 0.15) is 5.75 Å². The Hall–Kier alpha value is -1.69. The predicted molar refractivity (Wildman–Crippen MR) is 119 cm³/mol. The third kappa shape index (κ3) is 11.2. The zero-order chi connectivity index (χ0) is 21.3. The molecule has 164 valence electrons. The molecular weight excluding hydrogens is 388 g/mol. The molecule has 0 saturated carbocycles. The van der Waals surface area contributed by atoms with Crippen LogP contribution in [0.2, 0.25) is 0 Å². The maximum atomic E-state index is 11.8. The molecule has 0 bridgehead atoms. The molecule has 1 aromatic rings. The maximum Gasteiger partial charge on any atom is 0.306 e. The molecule has 0 radical (unpaired) electrons. The molecule has 1 aromatic carbocycles. The van der Waals surface area contributed by atoms with Crippen LogP contribution in [0.15, 0.2) is 18.2 Å². The number of rotatable bonds is 16. The van der Waals surface area contributed by atoms with Crippen molar-refractivity contribution in [3.63, 3.8) is 0 Å². The molecule has 0 atom stereocenters. The van der Waals surface area contributed by atoms with Crippen LogP contribution >= 0.6 is 12.6 Å². The zero-order valence-electron chi connectivity index (χ0n) is 17.9. The molecule has 0 aliphatic carbocycles. The Morgan fingerprint density at radius 1 is 0.862 bits per heavy atom. The van der Waals surface area contributed by atoms with Gasteiger partial charge in [0, 0.05) is 12.8 Å². The van der Waals surface area contributed by atoms with Gasteiger partial charge in [0.15, 0.2) is 0 Å². The summed E-state index contributed by atoms with van der Waals surface area (Å²) in [5, 5.41) is 0. The fourth-order valence-electron chi connectivity index (χ4n) is 3.14. The first-order valence-corrected chi connectivity index (χ1v) is 11.4. The van der Waals surface area contributed by atoms with E-state index in [1.54, 1.807) is 6.92 Å². The molecule has 0 saturated heterocycles. The van der Waals surface area contributed by atoms with E-state index in [0.717, 1.165) is 36.3 Å². The number of hydrogen-bond acceptors (Lipinski definition) is 6. The van der Waals surface area contributed by atoms with Crippen LogP contribution in [0.4, 0.5) is 0 Å². The number of thiol groups is 1. The Morgan fingerprint density at radius 3 is 2.24 bits per heavy atom. The van der Waals surface area contributed by atoms with Crippen LogP contribution < -0.4 is 4.74 Å². The van der Waals surface area contributed by atoms with E-state index in [1.165, 1.54) is 18.4 Å². The van der Waals surface area contributed by atoms with E-state index in [2.05, 4.69) is 18.7 Å². The molecule has 0 unspecified atom stereocenters. The predicted octanol–water partition coefficient (Wildman–Crippen LogP) is 4.94. The van der Waals surface area contributed by atoms with Crippen LogP contribution in [0.5, 0.6) is 5.75 Å². The first-order chi connectivity index (χ1) is 14.1. The van der Waals surface area contributed by atoms with Gasteiger partial charge in [0.25, 0.3) is 0 Å². The average molecular weight is 425 g/mol. The molecule has 0 aliphatic rings. The van der Waals surface area contributed by atoms with Crippen LogP contribution in [0.1, 0.15) is 69.9 Å². The SMILES string of the molecule is CCOC(=O)CCCOc1cccc(CCCCCCS)c1CCC(=O)OCC. The second-order valence-electron chi connectivity index (χ2n) is 6.84. The van der Waals surface area contributed by atoms with Gasteiger partial charge in [-0.15, -0.1) is 0 Å². The number of esters is 2. The number of carbonyl (C=O) groups excluding carboxylic acids is 2. The molecule has 0 spiro atoms. The van der Waals surface area contributed by atoms with Crippen molar-refractivity contribution in [3.8, 4) is 5.75 Å². The van der Waals surface area contributed by atoms with Crippen LogP contribution in [-0.4, -0.2) is 37.5 Å². The summed E-state index contributed by atoms with van der Waals surface area (Å²) >= 11 is 4.26. The Morgan fingerprint density at radius 2 is 1.55 bits per heavy atom. The lowest BCUT2D eigenvalue weighted by atomic mass is 9.97. The van der Waals surface area contributed by atoms with Crippen molar-refractivity contribution in [2.24, 2.45) is 0 Å². The second-order valence-corrected chi connectivity index (χ2v) is 7.29. The number of hydrogen-bond donors (Lipinski definition) is 1. The van der Waals surface area contributed by atoms with E-state index in [1.807, 2.05) is 19.1 Å². The second kappa shape index (κ2) is 16.1. The van der Waals surface area contributed by atoms with Crippen LogP contribution in [0.3, 0.4) is 0 Å². The topological polar surface area (TPSA) is 61.8 Å². The molecule has 0 fully saturated rings. The Balaban J connectivity index is 2.71. The fourth-order valence-corrected chi connectivity index (χ4v) is 3.36. The van der Waals surface area contributed by atoms with E-state index in [0.29, 0.717) is 45.5 Å². The molecule has 0 N–H and O–H groups in total. The van der Waals surface area contributed by atoms with Gasteiger partial charge in [-0.25, -0.2) is 0 Å². The summed E-state index contributed by atoms with van der Waals surface area (Å²) in [6.45, 7) is 4.84. The summed E-state index contributed by atoms with van der Waals surface area (Å²) in [6, 6.07) is 6.05. The fraction of sp³-hybridized carbons (Fsp3) is 0.652. The summed E-state index contributed by atoms with van der Waals surface area (Å²) in [7, 11) is 0. The van der Waals surface area contributed by atoms with Crippen molar-refractivity contribution in [1.82, 2.24) is 0 Å². The van der Waals surface area contributed by atoms with Gasteiger partial charge in [-0.3, -0.25) is 9.59 Å². The quantitative estimate of drug-likeness (QED) is 0.231. The highest BCUT2D eigenvalue weighted by molar-refractivity contribution is 7.80. The molecule has 29 heavy (non-hydrogen) atoms. The van der Waals surface area contributed by atoms with Crippen LogP contribution in [0.25, 0.3) is 0 Å². The van der Waals surface area contributed by atoms with Crippen molar-refractivity contribution in [2.75, 3.05) is 25.6 Å². The van der Waals surface area contributed by atoms with Crippen molar-refractivity contribution in [2.45, 2.75) is 71.6 Å². The maximum absolute atomic E-state index is 11.8. The standard InChI is InChI=1S/C23H36O5S/c1-3-26-22(24)14-10-17-28-21-13-9-12-19(11-7-5-6-8-18-29)20(21)15-16-23(25)27-4-2/h9,12-13,29H,3-8,10-11,14-18H2,1-2H3. The summed E-state index contributed by atoms with van der Waals surface area (Å²) in [6.07, 6.45) is 7.44. The van der Waals surface area contributed by atoms with E-state index < -0.39 is 0 Å². The molecule has 5 nitrogen and oxygen atoms in total. The first-order valence-electron chi connectivity index (χ1n) is 10.8. The molecule has 1 rings (SSSR count). The van der Waals surface area contributed by atoms with Gasteiger partial charge < -0.3 is 14.2 Å². The van der Waals surface area contributed by atoms with E-state index in [9.17, 15) is 9.59 Å². The van der Waals surface area contributed by atoms with E-state index in [4.69, 9.17) is 14.2 Å². The molecular formula is C23H36O5S. The highest BCUT2D eigenvalue weighted by Crippen LogP contribution is 2.26. The zero-order valence-corrected chi connectivity index (χ0v) is 18.8. The normalized spacial score (nSPS) is 10.6. The minimum absolute atomic E-state index is 0.190. The van der Waals surface area contributed by atoms with Crippen molar-refractivity contribution in [3.05, 3.63) is 29.3 Å². The number of aryl methyl sites for hydroxylation is 1. The third-order valence-corrected chi connectivity index (χ3v) is 4.87. The largest absolute Gasteiger partial charge is 0.493 e. The molecule has 0 amide bonds. The summed E-state index contributed by atoms with van der Waals surface area (Å²) in [4.78, 5) is 23.3. The molecule has 0 heterocycles. The lowest BCUT2D eigenvalue weighted by molar-refractivity contribution is -0.144. The minimum Gasteiger partial charge on any atom is -0.493 e. The van der Waals surface area contributed by atoms with E-state index >= 15 is 0 Å². The monoisotopic (exact) mass is 424 g/mol. The summed E-state index contributed by atoms with van der Waals surface area (Å²) in [5.41, 5.74) is 2.30. The van der Waals surface area contributed by atoms with Gasteiger partial charge >= 0.3 is 11.9 Å². The number of carbonyl (C=O) groups is 2. The van der Waals surface area contributed by atoms with Crippen molar-refractivity contribution in [1.29, 1.82) is 0 Å². The van der Waals surface area contributed by atoms with Gasteiger partial charge in [-0.1, -0.05) is 25.0 Å². The first kappa shape index (κ1) is 25.3. The Labute approximate surface area is 180 Å². The van der Waals surface area contributed by atoms with Gasteiger partial charge in [-0.05, 0) is 68.9 Å². The smallest absolute Gasteiger partial charge is 0.306 e. The average Bonchev–Trinajstić information content (AvgIpc) is 2.70. The van der Waals surface area contributed by atoms with Gasteiger partial charge in [-0.2, -0.15) is 12.6 Å². The summed E-state index contributed by atoms with van der Waals surface area (Å²) in [5.74, 6) is 1.34. The van der Waals surface area contributed by atoms with Gasteiger partial charge in [0.2, 0.25) is 0 Å². The van der Waals surface area contributed by atoms with Crippen LogP contribution in [-0.2, 0) is 31.9 Å². The highest BCUT2D eigenvalue weighted by atomic mass is 32.1. The molecule has 0 aromatic heterocycles. The van der Waals surface area contributed by atoms with Crippen LogP contribution in [0, 0.1) is 0 Å². The summed E-state index contributed by atoms with van der Waals surface area (Å²) < 4.78 is 16.0. The van der Waals surface area contributed by atoms with Crippen molar-refractivity contribution < 1.29 is 23.8 Å². The number of benzene rings is 1. The highest BCUT2D eigenvalue weighted by Gasteiger charge is 2.13. The molecule has 6 heteroatoms. The molecule has 0 aliphatic heterocycles. The minimum atomic E-state index is -0.200. The number of ether oxygens (including phenoxy) is 3. The third-order valence-electron chi connectivity index (χ3n) is 4.56. The number of unbranched alkanes of at least 4 members (excludes halogenated alkanes) is 3. The van der Waals surface area contributed by atoms with Crippen molar-refractivity contribution >= 4 is 24.6 Å².